The Morgan fingerprint density at radius 2 is 1.94 bits per heavy atom. The van der Waals surface area contributed by atoms with Crippen LogP contribution in [0.3, 0.4) is 0 Å². The van der Waals surface area contributed by atoms with Gasteiger partial charge in [0, 0.05) is 38.2 Å². The van der Waals surface area contributed by atoms with Crippen LogP contribution in [-0.2, 0) is 20.8 Å². The van der Waals surface area contributed by atoms with Crippen molar-refractivity contribution in [3.63, 3.8) is 0 Å². The molecule has 5 rings (SSSR count). The second-order valence-corrected chi connectivity index (χ2v) is 9.80. The minimum Gasteiger partial charge on any atom is -0.450 e. The van der Waals surface area contributed by atoms with Gasteiger partial charge in [0.2, 0.25) is 5.95 Å². The number of likely N-dealkylation sites (tertiary alicyclic amines) is 1. The number of morpholine rings is 1. The Bertz CT molecular complexity index is 1070. The average molecular weight is 514 g/mol. The SMILES string of the molecule is CCOC(=O)N1CCC(C(=O)CN2c3nc(N4C[C@@H]5C[C@H]4CO5)cc(=O)n3CC[C@H]2C(F)(F)F)CC1. The summed E-state index contributed by atoms with van der Waals surface area (Å²) in [5.74, 6) is -0.632. The van der Waals surface area contributed by atoms with E-state index < -0.39 is 36.3 Å². The minimum atomic E-state index is -4.59. The number of aromatic nitrogens is 2. The van der Waals surface area contributed by atoms with Crippen molar-refractivity contribution in [2.45, 2.75) is 63.5 Å². The zero-order valence-electron chi connectivity index (χ0n) is 20.1. The molecular formula is C23H30F3N5O5. The van der Waals surface area contributed by atoms with Gasteiger partial charge in [-0.25, -0.2) is 4.79 Å². The van der Waals surface area contributed by atoms with Gasteiger partial charge in [-0.15, -0.1) is 0 Å². The lowest BCUT2D eigenvalue weighted by Gasteiger charge is -2.40. The fourth-order valence-electron chi connectivity index (χ4n) is 5.70. The van der Waals surface area contributed by atoms with E-state index in [2.05, 4.69) is 4.98 Å². The number of fused-ring (bicyclic) bond motifs is 3. The number of Topliss-reactive ketones (excluding diaryl/α,β-unsaturated/α-hetero) is 1. The smallest absolute Gasteiger partial charge is 0.409 e. The first-order valence-electron chi connectivity index (χ1n) is 12.4. The first kappa shape index (κ1) is 24.8. The molecule has 4 aliphatic rings. The molecule has 0 radical (unpaired) electrons. The fraction of sp³-hybridized carbons (Fsp3) is 0.739. The van der Waals surface area contributed by atoms with Crippen LogP contribution in [0.5, 0.6) is 0 Å². The van der Waals surface area contributed by atoms with E-state index in [0.29, 0.717) is 44.9 Å². The molecule has 3 fully saturated rings. The summed E-state index contributed by atoms with van der Waals surface area (Å²) < 4.78 is 54.0. The molecule has 0 N–H and O–H groups in total. The average Bonchev–Trinajstić information content (AvgIpc) is 3.48. The number of piperidine rings is 1. The zero-order valence-corrected chi connectivity index (χ0v) is 20.1. The molecule has 0 unspecified atom stereocenters. The highest BCUT2D eigenvalue weighted by atomic mass is 19.4. The molecule has 0 spiro atoms. The van der Waals surface area contributed by atoms with Crippen LogP contribution in [-0.4, -0.2) is 90.1 Å². The maximum Gasteiger partial charge on any atom is 0.409 e. The highest BCUT2D eigenvalue weighted by molar-refractivity contribution is 5.86. The largest absolute Gasteiger partial charge is 0.450 e. The molecule has 5 heterocycles. The first-order valence-corrected chi connectivity index (χ1v) is 12.4. The van der Waals surface area contributed by atoms with Gasteiger partial charge < -0.3 is 24.2 Å². The van der Waals surface area contributed by atoms with Gasteiger partial charge in [0.15, 0.2) is 5.78 Å². The van der Waals surface area contributed by atoms with Crippen molar-refractivity contribution < 1.29 is 32.2 Å². The van der Waals surface area contributed by atoms with Gasteiger partial charge >= 0.3 is 12.3 Å². The molecule has 4 aliphatic heterocycles. The van der Waals surface area contributed by atoms with E-state index in [1.54, 1.807) is 6.92 Å². The standard InChI is InChI=1S/C23H30F3N5O5/c1-2-35-22(34)28-6-3-14(4-7-28)17(32)12-31-18(23(24,25)26)5-8-29-20(33)10-19(27-21(29)31)30-11-16-9-15(30)13-36-16/h10,14-16,18H,2-9,11-13H2,1H3/t15-,16-,18-/m0/s1. The molecule has 0 aromatic carbocycles. The monoisotopic (exact) mass is 513 g/mol. The van der Waals surface area contributed by atoms with Crippen molar-refractivity contribution in [3.05, 3.63) is 16.4 Å². The van der Waals surface area contributed by atoms with Gasteiger partial charge in [0.1, 0.15) is 11.9 Å². The molecule has 198 valence electrons. The third kappa shape index (κ3) is 4.64. The number of carbonyl (C=O) groups is 2. The summed E-state index contributed by atoms with van der Waals surface area (Å²) in [7, 11) is 0. The molecule has 3 atom stereocenters. The lowest BCUT2D eigenvalue weighted by molar-refractivity contribution is -0.153. The van der Waals surface area contributed by atoms with Crippen molar-refractivity contribution in [1.29, 1.82) is 0 Å². The van der Waals surface area contributed by atoms with Gasteiger partial charge in [-0.05, 0) is 32.6 Å². The summed E-state index contributed by atoms with van der Waals surface area (Å²) in [5, 5.41) is 0. The molecule has 1 aromatic heterocycles. The predicted molar refractivity (Wildman–Crippen MR) is 122 cm³/mol. The summed E-state index contributed by atoms with van der Waals surface area (Å²) in [6, 6.07) is -0.517. The third-order valence-electron chi connectivity index (χ3n) is 7.61. The summed E-state index contributed by atoms with van der Waals surface area (Å²) in [5.41, 5.74) is -0.431. The van der Waals surface area contributed by atoms with E-state index in [-0.39, 0.29) is 43.4 Å². The van der Waals surface area contributed by atoms with Crippen molar-refractivity contribution in [2.75, 3.05) is 49.2 Å². The topological polar surface area (TPSA) is 97.2 Å². The van der Waals surface area contributed by atoms with Gasteiger partial charge in [0.25, 0.3) is 5.56 Å². The summed E-state index contributed by atoms with van der Waals surface area (Å²) in [4.78, 5) is 46.9. The lowest BCUT2D eigenvalue weighted by atomic mass is 9.92. The molecule has 2 bridgehead atoms. The van der Waals surface area contributed by atoms with Crippen LogP contribution in [0, 0.1) is 5.92 Å². The molecule has 0 saturated carbocycles. The number of rotatable bonds is 5. The highest BCUT2D eigenvalue weighted by Gasteiger charge is 2.48. The van der Waals surface area contributed by atoms with Gasteiger partial charge in [-0.1, -0.05) is 0 Å². The van der Waals surface area contributed by atoms with Gasteiger partial charge in [-0.2, -0.15) is 18.2 Å². The van der Waals surface area contributed by atoms with E-state index in [0.717, 1.165) is 11.3 Å². The molecule has 0 aliphatic carbocycles. The number of carbonyl (C=O) groups excluding carboxylic acids is 2. The summed E-state index contributed by atoms with van der Waals surface area (Å²) in [6.45, 7) is 2.94. The number of anilines is 2. The number of ether oxygens (including phenoxy) is 2. The Balaban J connectivity index is 1.38. The number of hydrogen-bond acceptors (Lipinski definition) is 8. The first-order chi connectivity index (χ1) is 17.2. The zero-order chi connectivity index (χ0) is 25.6. The van der Waals surface area contributed by atoms with Crippen LogP contribution in [0.2, 0.25) is 0 Å². The van der Waals surface area contributed by atoms with Crippen LogP contribution in [0.15, 0.2) is 10.9 Å². The number of ketones is 1. The van der Waals surface area contributed by atoms with Crippen LogP contribution < -0.4 is 15.4 Å². The Kier molecular flexibility index (Phi) is 6.60. The summed E-state index contributed by atoms with van der Waals surface area (Å²) in [6.07, 6.45) is -3.88. The molecular weight excluding hydrogens is 483 g/mol. The maximum absolute atomic E-state index is 14.1. The summed E-state index contributed by atoms with van der Waals surface area (Å²) >= 11 is 0. The minimum absolute atomic E-state index is 0.0247. The quantitative estimate of drug-likeness (QED) is 0.588. The van der Waals surface area contributed by atoms with Crippen molar-refractivity contribution >= 4 is 23.6 Å². The second-order valence-electron chi connectivity index (χ2n) is 9.80. The van der Waals surface area contributed by atoms with Crippen LogP contribution in [0.4, 0.5) is 29.7 Å². The molecule has 3 saturated heterocycles. The predicted octanol–water partition coefficient (Wildman–Crippen LogP) is 1.80. The number of amides is 1. The van der Waals surface area contributed by atoms with Gasteiger partial charge in [-0.3, -0.25) is 14.2 Å². The molecule has 10 nitrogen and oxygen atoms in total. The van der Waals surface area contributed by atoms with Crippen LogP contribution >= 0.6 is 0 Å². The van der Waals surface area contributed by atoms with Crippen LogP contribution in [0.25, 0.3) is 0 Å². The van der Waals surface area contributed by atoms with E-state index in [4.69, 9.17) is 9.47 Å². The fourth-order valence-corrected chi connectivity index (χ4v) is 5.70. The molecule has 1 aromatic rings. The normalized spacial score (nSPS) is 26.3. The van der Waals surface area contributed by atoms with Crippen molar-refractivity contribution in [2.24, 2.45) is 5.92 Å². The number of nitrogens with zero attached hydrogens (tertiary/aromatic N) is 5. The molecule has 36 heavy (non-hydrogen) atoms. The van der Waals surface area contributed by atoms with E-state index in [9.17, 15) is 27.6 Å². The Hall–Kier alpha value is -2.83. The Morgan fingerprint density at radius 1 is 1.19 bits per heavy atom. The maximum atomic E-state index is 14.1. The van der Waals surface area contributed by atoms with Gasteiger partial charge in [0.05, 0.1) is 31.9 Å². The second kappa shape index (κ2) is 9.56. The molecule has 1 amide bonds. The third-order valence-corrected chi connectivity index (χ3v) is 7.61. The number of halogens is 3. The lowest BCUT2D eigenvalue weighted by Crippen LogP contribution is -2.55. The van der Waals surface area contributed by atoms with E-state index >= 15 is 0 Å². The number of hydrogen-bond donors (Lipinski definition) is 0. The van der Waals surface area contributed by atoms with Crippen molar-refractivity contribution in [3.8, 4) is 0 Å². The Labute approximate surface area is 205 Å². The van der Waals surface area contributed by atoms with E-state index in [1.165, 1.54) is 15.5 Å². The number of alkyl halides is 3. The Morgan fingerprint density at radius 3 is 2.56 bits per heavy atom. The van der Waals surface area contributed by atoms with E-state index in [1.807, 2.05) is 4.90 Å². The van der Waals surface area contributed by atoms with Crippen molar-refractivity contribution in [1.82, 2.24) is 14.5 Å². The highest BCUT2D eigenvalue weighted by Crippen LogP contribution is 2.36. The van der Waals surface area contributed by atoms with Crippen LogP contribution in [0.1, 0.15) is 32.6 Å². The molecule has 13 heteroatoms.